The van der Waals surface area contributed by atoms with Gasteiger partial charge in [0.05, 0.1) is 35.7 Å². The van der Waals surface area contributed by atoms with Gasteiger partial charge in [0.25, 0.3) is 0 Å². The topological polar surface area (TPSA) is 92.0 Å². The monoisotopic (exact) mass is 373 g/mol. The number of nitrogens with one attached hydrogen (secondary N) is 2. The van der Waals surface area contributed by atoms with Crippen LogP contribution in [0.2, 0.25) is 0 Å². The Labute approximate surface area is 162 Å². The van der Waals surface area contributed by atoms with E-state index in [1.54, 1.807) is 22.9 Å². The summed E-state index contributed by atoms with van der Waals surface area (Å²) in [6.07, 6.45) is 0.637. The Hall–Kier alpha value is -3.47. The summed E-state index contributed by atoms with van der Waals surface area (Å²) >= 11 is 0. The summed E-state index contributed by atoms with van der Waals surface area (Å²) in [5.41, 5.74) is 4.14. The molecule has 0 unspecified atom stereocenters. The second-order valence-corrected chi connectivity index (χ2v) is 6.44. The van der Waals surface area contributed by atoms with Gasteiger partial charge in [-0.15, -0.1) is 5.10 Å². The van der Waals surface area contributed by atoms with E-state index in [1.165, 1.54) is 0 Å². The molecule has 0 spiro atoms. The van der Waals surface area contributed by atoms with Crippen LogP contribution in [0.25, 0.3) is 16.9 Å². The highest BCUT2D eigenvalue weighted by Crippen LogP contribution is 2.28. The third kappa shape index (κ3) is 3.64. The number of amides is 1. The first-order valence-electron chi connectivity index (χ1n) is 9.02. The molecule has 4 rings (SSSR count). The van der Waals surface area contributed by atoms with Gasteiger partial charge in [-0.3, -0.25) is 4.79 Å². The number of hydrogen-bond acceptors (Lipinski definition) is 5. The lowest BCUT2D eigenvalue weighted by Gasteiger charge is -2.24. The second-order valence-electron chi connectivity index (χ2n) is 6.44. The van der Waals surface area contributed by atoms with Gasteiger partial charge in [0, 0.05) is 24.7 Å². The molecule has 7 heteroatoms. The van der Waals surface area contributed by atoms with Gasteiger partial charge in [-0.1, -0.05) is 24.3 Å². The molecule has 1 amide bonds. The molecule has 1 aliphatic heterocycles. The van der Waals surface area contributed by atoms with E-state index in [0.29, 0.717) is 24.4 Å². The molecule has 7 nitrogen and oxygen atoms in total. The Morgan fingerprint density at radius 1 is 1.25 bits per heavy atom. The van der Waals surface area contributed by atoms with Crippen LogP contribution in [0.5, 0.6) is 0 Å². The fourth-order valence-electron chi connectivity index (χ4n) is 3.27. The van der Waals surface area contributed by atoms with E-state index >= 15 is 0 Å². The van der Waals surface area contributed by atoms with Crippen LogP contribution in [0.1, 0.15) is 17.2 Å². The Balaban J connectivity index is 1.71. The largest absolute Gasteiger partial charge is 0.371 e. The first-order chi connectivity index (χ1) is 13.8. The summed E-state index contributed by atoms with van der Waals surface area (Å²) in [6, 6.07) is 19.2. The highest BCUT2D eigenvalue weighted by molar-refractivity contribution is 5.74. The van der Waals surface area contributed by atoms with Crippen molar-refractivity contribution in [1.29, 1.82) is 5.26 Å². The zero-order valence-electron chi connectivity index (χ0n) is 15.1. The van der Waals surface area contributed by atoms with Crippen molar-refractivity contribution in [3.63, 3.8) is 0 Å². The van der Waals surface area contributed by atoms with Crippen molar-refractivity contribution in [1.82, 2.24) is 15.1 Å². The second kappa shape index (κ2) is 8.05. The number of anilines is 1. The number of aromatic nitrogens is 2. The third-order valence-corrected chi connectivity index (χ3v) is 4.64. The van der Waals surface area contributed by atoms with E-state index < -0.39 is 0 Å². The SMILES string of the molecule is N#Cc1cccc(-c2cc(NC=O)nn2-c2ccc([C@H]3CNCCO3)cc2)c1. The van der Waals surface area contributed by atoms with Crippen LogP contribution in [-0.4, -0.2) is 35.9 Å². The average Bonchev–Trinajstić information content (AvgIpc) is 3.19. The maximum absolute atomic E-state index is 10.9. The summed E-state index contributed by atoms with van der Waals surface area (Å²) in [4.78, 5) is 10.9. The maximum Gasteiger partial charge on any atom is 0.212 e. The molecular weight excluding hydrogens is 354 g/mol. The highest BCUT2D eigenvalue weighted by atomic mass is 16.5. The maximum atomic E-state index is 10.9. The molecule has 1 fully saturated rings. The predicted molar refractivity (Wildman–Crippen MR) is 105 cm³/mol. The van der Waals surface area contributed by atoms with E-state index in [1.807, 2.05) is 36.4 Å². The highest BCUT2D eigenvalue weighted by Gasteiger charge is 2.17. The number of carbonyl (C=O) groups is 1. The quantitative estimate of drug-likeness (QED) is 0.671. The van der Waals surface area contributed by atoms with Crippen LogP contribution in [0.3, 0.4) is 0 Å². The zero-order valence-corrected chi connectivity index (χ0v) is 15.1. The summed E-state index contributed by atoms with van der Waals surface area (Å²) in [7, 11) is 0. The van der Waals surface area contributed by atoms with Gasteiger partial charge >= 0.3 is 0 Å². The normalized spacial score (nSPS) is 16.3. The number of ether oxygens (including phenoxy) is 1. The molecule has 0 bridgehead atoms. The molecule has 3 aromatic rings. The first-order valence-corrected chi connectivity index (χ1v) is 9.02. The standard InChI is InChI=1S/C21H19N5O2/c22-12-15-2-1-3-17(10-15)19-11-21(24-14-27)25-26(19)18-6-4-16(5-7-18)20-13-23-8-9-28-20/h1-7,10-11,14,20,23H,8-9,13H2,(H,24,25,27)/t20-/m1/s1. The first kappa shape index (κ1) is 17.9. The molecule has 1 atom stereocenters. The van der Waals surface area contributed by atoms with Crippen LogP contribution in [0, 0.1) is 11.3 Å². The zero-order chi connectivity index (χ0) is 19.3. The third-order valence-electron chi connectivity index (χ3n) is 4.64. The van der Waals surface area contributed by atoms with Gasteiger partial charge in [-0.2, -0.15) is 5.26 Å². The Bertz CT molecular complexity index is 1010. The lowest BCUT2D eigenvalue weighted by Crippen LogP contribution is -2.33. The molecule has 2 N–H and O–H groups in total. The Kier molecular flexibility index (Phi) is 5.15. The van der Waals surface area contributed by atoms with Gasteiger partial charge in [-0.25, -0.2) is 4.68 Å². The number of rotatable bonds is 5. The molecule has 28 heavy (non-hydrogen) atoms. The Morgan fingerprint density at radius 3 is 2.82 bits per heavy atom. The van der Waals surface area contributed by atoms with Crippen molar-refractivity contribution in [2.24, 2.45) is 0 Å². The minimum absolute atomic E-state index is 0.0412. The van der Waals surface area contributed by atoms with Crippen LogP contribution < -0.4 is 10.6 Å². The number of hydrogen-bond donors (Lipinski definition) is 2. The van der Waals surface area contributed by atoms with Gasteiger partial charge in [0.1, 0.15) is 0 Å². The molecule has 1 saturated heterocycles. The van der Waals surface area contributed by atoms with Gasteiger partial charge < -0.3 is 15.4 Å². The molecule has 0 aliphatic carbocycles. The van der Waals surface area contributed by atoms with E-state index in [9.17, 15) is 10.1 Å². The number of morpholine rings is 1. The fourth-order valence-corrected chi connectivity index (χ4v) is 3.27. The van der Waals surface area contributed by atoms with Gasteiger partial charge in [0.2, 0.25) is 6.41 Å². The molecule has 0 saturated carbocycles. The minimum Gasteiger partial charge on any atom is -0.371 e. The van der Waals surface area contributed by atoms with Crippen molar-refractivity contribution in [3.8, 4) is 23.0 Å². The molecule has 2 heterocycles. The number of nitrogens with zero attached hydrogens (tertiary/aromatic N) is 3. The summed E-state index contributed by atoms with van der Waals surface area (Å²) < 4.78 is 7.56. The van der Waals surface area contributed by atoms with E-state index in [0.717, 1.165) is 35.6 Å². The van der Waals surface area contributed by atoms with Crippen LogP contribution >= 0.6 is 0 Å². The molecule has 2 aromatic carbocycles. The summed E-state index contributed by atoms with van der Waals surface area (Å²) in [5.74, 6) is 0.441. The molecule has 1 aliphatic rings. The van der Waals surface area contributed by atoms with Crippen LogP contribution in [0.4, 0.5) is 5.82 Å². The molecular formula is C21H19N5O2. The van der Waals surface area contributed by atoms with Crippen molar-refractivity contribution < 1.29 is 9.53 Å². The smallest absolute Gasteiger partial charge is 0.212 e. The molecule has 1 aromatic heterocycles. The molecule has 140 valence electrons. The molecule has 0 radical (unpaired) electrons. The Morgan fingerprint density at radius 2 is 2.11 bits per heavy atom. The number of nitriles is 1. The van der Waals surface area contributed by atoms with Gasteiger partial charge in [-0.05, 0) is 29.8 Å². The number of benzene rings is 2. The number of carbonyl (C=O) groups excluding carboxylic acids is 1. The van der Waals surface area contributed by atoms with Crippen molar-refractivity contribution in [3.05, 3.63) is 65.7 Å². The van der Waals surface area contributed by atoms with Crippen molar-refractivity contribution >= 4 is 12.2 Å². The minimum atomic E-state index is 0.0412. The summed E-state index contributed by atoms with van der Waals surface area (Å²) in [5, 5.41) is 19.6. The lowest BCUT2D eigenvalue weighted by atomic mass is 10.1. The van der Waals surface area contributed by atoms with Gasteiger partial charge in [0.15, 0.2) is 5.82 Å². The summed E-state index contributed by atoms with van der Waals surface area (Å²) in [6.45, 7) is 2.37. The van der Waals surface area contributed by atoms with Crippen LogP contribution in [0.15, 0.2) is 54.6 Å². The average molecular weight is 373 g/mol. The lowest BCUT2D eigenvalue weighted by molar-refractivity contribution is -0.105. The fraction of sp³-hybridized carbons (Fsp3) is 0.190. The van der Waals surface area contributed by atoms with Crippen molar-refractivity contribution in [2.45, 2.75) is 6.10 Å². The van der Waals surface area contributed by atoms with E-state index in [-0.39, 0.29) is 6.10 Å². The predicted octanol–water partition coefficient (Wildman–Crippen LogP) is 2.64. The van der Waals surface area contributed by atoms with E-state index in [2.05, 4.69) is 21.8 Å². The van der Waals surface area contributed by atoms with Crippen molar-refractivity contribution in [2.75, 3.05) is 25.0 Å². The van der Waals surface area contributed by atoms with Crippen LogP contribution in [-0.2, 0) is 9.53 Å². The van der Waals surface area contributed by atoms with E-state index in [4.69, 9.17) is 4.74 Å².